The fourth-order valence-electron chi connectivity index (χ4n) is 0.871. The first-order valence-electron chi connectivity index (χ1n) is 3.82. The molecule has 0 bridgehead atoms. The topological polar surface area (TPSA) is 107 Å². The van der Waals surface area contributed by atoms with Gasteiger partial charge in [-0.2, -0.15) is 10.4 Å². The highest BCUT2D eigenvalue weighted by atomic mass is 16.2. The molecule has 0 aromatic carbocycles. The Morgan fingerprint density at radius 1 is 1.71 bits per heavy atom. The van der Waals surface area contributed by atoms with Crippen LogP contribution in [0.3, 0.4) is 0 Å². The van der Waals surface area contributed by atoms with Crippen LogP contribution in [0.2, 0.25) is 0 Å². The normalized spacial score (nSPS) is 10.7. The highest BCUT2D eigenvalue weighted by Crippen LogP contribution is 2.01. The van der Waals surface area contributed by atoms with Crippen molar-refractivity contribution in [1.82, 2.24) is 10.4 Å². The summed E-state index contributed by atoms with van der Waals surface area (Å²) in [6.07, 6.45) is 0. The standard InChI is InChI=1S/C8H9N5O/c1-5(12-13-8(10)14)7-3-2-6(4-9)11-7/h2-3,11H,1H3,(H3,10,13,14)/b12-5+. The fourth-order valence-corrected chi connectivity index (χ4v) is 0.871. The number of nitrogens with zero attached hydrogens (tertiary/aromatic N) is 2. The van der Waals surface area contributed by atoms with Crippen LogP contribution in [0.1, 0.15) is 18.3 Å². The summed E-state index contributed by atoms with van der Waals surface area (Å²) < 4.78 is 0. The Labute approximate surface area is 80.4 Å². The van der Waals surface area contributed by atoms with Gasteiger partial charge in [-0.25, -0.2) is 10.2 Å². The number of hydrogen-bond donors (Lipinski definition) is 3. The first kappa shape index (κ1) is 9.80. The number of primary amides is 1. The molecule has 0 aliphatic rings. The van der Waals surface area contributed by atoms with Crippen LogP contribution >= 0.6 is 0 Å². The Hall–Kier alpha value is -2.29. The van der Waals surface area contributed by atoms with Gasteiger partial charge in [0.15, 0.2) is 0 Å². The van der Waals surface area contributed by atoms with Crippen LogP contribution in [-0.2, 0) is 0 Å². The van der Waals surface area contributed by atoms with Crippen molar-refractivity contribution in [2.24, 2.45) is 10.8 Å². The molecule has 0 atom stereocenters. The van der Waals surface area contributed by atoms with E-state index in [2.05, 4.69) is 15.5 Å². The molecule has 0 saturated carbocycles. The van der Waals surface area contributed by atoms with Crippen LogP contribution in [-0.4, -0.2) is 16.7 Å². The predicted molar refractivity (Wildman–Crippen MR) is 50.4 cm³/mol. The number of nitrogens with one attached hydrogen (secondary N) is 2. The van der Waals surface area contributed by atoms with Crippen molar-refractivity contribution < 1.29 is 4.79 Å². The molecule has 0 radical (unpaired) electrons. The summed E-state index contributed by atoms with van der Waals surface area (Å²) in [5.74, 6) is 0. The maximum absolute atomic E-state index is 10.3. The Balaban J connectivity index is 2.79. The number of aromatic amines is 1. The number of nitriles is 1. The lowest BCUT2D eigenvalue weighted by atomic mass is 10.3. The Morgan fingerprint density at radius 2 is 2.43 bits per heavy atom. The van der Waals surface area contributed by atoms with Crippen molar-refractivity contribution in [3.63, 3.8) is 0 Å². The third kappa shape index (κ3) is 2.35. The second kappa shape index (κ2) is 4.09. The average Bonchev–Trinajstić information content (AvgIpc) is 2.62. The zero-order valence-corrected chi connectivity index (χ0v) is 7.53. The number of aromatic nitrogens is 1. The van der Waals surface area contributed by atoms with Crippen LogP contribution < -0.4 is 11.2 Å². The van der Waals surface area contributed by atoms with E-state index in [-0.39, 0.29) is 0 Å². The number of hydrogen-bond acceptors (Lipinski definition) is 3. The molecule has 1 aromatic rings. The zero-order valence-electron chi connectivity index (χ0n) is 7.53. The van der Waals surface area contributed by atoms with E-state index in [0.29, 0.717) is 17.1 Å². The van der Waals surface area contributed by atoms with Gasteiger partial charge in [0.05, 0.1) is 11.4 Å². The summed E-state index contributed by atoms with van der Waals surface area (Å²) >= 11 is 0. The molecule has 72 valence electrons. The highest BCUT2D eigenvalue weighted by Gasteiger charge is 2.01. The highest BCUT2D eigenvalue weighted by molar-refractivity contribution is 5.97. The molecule has 14 heavy (non-hydrogen) atoms. The molecule has 0 unspecified atom stereocenters. The van der Waals surface area contributed by atoms with Crippen molar-refractivity contribution in [2.45, 2.75) is 6.92 Å². The van der Waals surface area contributed by atoms with E-state index in [4.69, 9.17) is 11.0 Å². The summed E-state index contributed by atoms with van der Waals surface area (Å²) in [6, 6.07) is 4.54. The van der Waals surface area contributed by atoms with E-state index in [1.807, 2.05) is 6.07 Å². The Bertz CT molecular complexity index is 412. The van der Waals surface area contributed by atoms with Crippen LogP contribution in [0.25, 0.3) is 0 Å². The van der Waals surface area contributed by atoms with E-state index >= 15 is 0 Å². The number of amides is 2. The van der Waals surface area contributed by atoms with E-state index in [0.717, 1.165) is 0 Å². The van der Waals surface area contributed by atoms with Crippen LogP contribution in [0.4, 0.5) is 4.79 Å². The molecular formula is C8H9N5O. The summed E-state index contributed by atoms with van der Waals surface area (Å²) in [5, 5.41) is 12.2. The molecule has 6 heteroatoms. The van der Waals surface area contributed by atoms with Crippen LogP contribution in [0.15, 0.2) is 17.2 Å². The Morgan fingerprint density at radius 3 is 2.93 bits per heavy atom. The van der Waals surface area contributed by atoms with Gasteiger partial charge in [0, 0.05) is 0 Å². The van der Waals surface area contributed by atoms with Crippen molar-refractivity contribution in [3.05, 3.63) is 23.5 Å². The van der Waals surface area contributed by atoms with Gasteiger partial charge in [-0.3, -0.25) is 0 Å². The summed E-state index contributed by atoms with van der Waals surface area (Å²) in [5.41, 5.74) is 8.57. The SMILES string of the molecule is C/C(=N\NC(N)=O)c1ccc(C#N)[nH]1. The molecule has 0 spiro atoms. The van der Waals surface area contributed by atoms with Gasteiger partial charge >= 0.3 is 6.03 Å². The molecular weight excluding hydrogens is 182 g/mol. The van der Waals surface area contributed by atoms with E-state index < -0.39 is 6.03 Å². The number of nitrogens with two attached hydrogens (primary N) is 1. The van der Waals surface area contributed by atoms with E-state index in [1.165, 1.54) is 0 Å². The molecule has 6 nitrogen and oxygen atoms in total. The molecule has 0 saturated heterocycles. The maximum Gasteiger partial charge on any atom is 0.332 e. The summed E-state index contributed by atoms with van der Waals surface area (Å²) in [6.45, 7) is 1.68. The number of rotatable bonds is 2. The molecule has 4 N–H and O–H groups in total. The first-order chi connectivity index (χ1) is 6.63. The minimum absolute atomic E-state index is 0.439. The third-order valence-corrected chi connectivity index (χ3v) is 1.53. The lowest BCUT2D eigenvalue weighted by Gasteiger charge is -1.96. The van der Waals surface area contributed by atoms with Gasteiger partial charge in [-0.1, -0.05) is 0 Å². The van der Waals surface area contributed by atoms with Crippen molar-refractivity contribution in [3.8, 4) is 6.07 Å². The number of hydrazone groups is 1. The zero-order chi connectivity index (χ0) is 10.6. The van der Waals surface area contributed by atoms with Crippen LogP contribution in [0.5, 0.6) is 0 Å². The number of carbonyl (C=O) groups excluding carboxylic acids is 1. The second-order valence-electron chi connectivity index (χ2n) is 2.57. The van der Waals surface area contributed by atoms with Gasteiger partial charge < -0.3 is 10.7 Å². The average molecular weight is 191 g/mol. The lowest BCUT2D eigenvalue weighted by Crippen LogP contribution is -2.25. The molecule has 1 aromatic heterocycles. The smallest absolute Gasteiger partial charge is 0.332 e. The largest absolute Gasteiger partial charge is 0.350 e. The minimum Gasteiger partial charge on any atom is -0.350 e. The van der Waals surface area contributed by atoms with Crippen molar-refractivity contribution in [1.29, 1.82) is 5.26 Å². The van der Waals surface area contributed by atoms with Gasteiger partial charge in [-0.15, -0.1) is 0 Å². The number of carbonyl (C=O) groups is 1. The predicted octanol–water partition coefficient (Wildman–Crippen LogP) is 0.279. The lowest BCUT2D eigenvalue weighted by molar-refractivity contribution is 0.249. The van der Waals surface area contributed by atoms with Gasteiger partial charge in [0.2, 0.25) is 0 Å². The molecule has 1 heterocycles. The van der Waals surface area contributed by atoms with Crippen LogP contribution in [0, 0.1) is 11.3 Å². The molecule has 2 amide bonds. The van der Waals surface area contributed by atoms with Gasteiger partial charge in [0.1, 0.15) is 11.8 Å². The van der Waals surface area contributed by atoms with E-state index in [1.54, 1.807) is 19.1 Å². The molecule has 0 fully saturated rings. The Kier molecular flexibility index (Phi) is 2.86. The maximum atomic E-state index is 10.3. The van der Waals surface area contributed by atoms with Gasteiger partial charge in [-0.05, 0) is 19.1 Å². The molecule has 0 aliphatic carbocycles. The van der Waals surface area contributed by atoms with Gasteiger partial charge in [0.25, 0.3) is 0 Å². The fraction of sp³-hybridized carbons (Fsp3) is 0.125. The summed E-state index contributed by atoms with van der Waals surface area (Å²) in [7, 11) is 0. The van der Waals surface area contributed by atoms with Crippen molar-refractivity contribution >= 4 is 11.7 Å². The number of urea groups is 1. The molecule has 1 rings (SSSR count). The van der Waals surface area contributed by atoms with Crippen molar-refractivity contribution in [2.75, 3.05) is 0 Å². The van der Waals surface area contributed by atoms with E-state index in [9.17, 15) is 4.79 Å². The number of H-pyrrole nitrogens is 1. The molecule has 0 aliphatic heterocycles. The quantitative estimate of drug-likeness (QED) is 0.461. The first-order valence-corrected chi connectivity index (χ1v) is 3.82. The third-order valence-electron chi connectivity index (χ3n) is 1.53. The monoisotopic (exact) mass is 191 g/mol. The second-order valence-corrected chi connectivity index (χ2v) is 2.57. The summed E-state index contributed by atoms with van der Waals surface area (Å²) in [4.78, 5) is 13.1. The minimum atomic E-state index is -0.726.